The molecule has 2 aromatic heterocycles. The standard InChI is InChI=1S/C14H19N3O3S/c18-7-6-17-13(16-12-4-1-5-15-14(12)17)9-11-3-2-8-21(19,20)10-11/h1,4-5,11,18H,2-3,6-10H2. The van der Waals surface area contributed by atoms with Crippen LogP contribution >= 0.6 is 0 Å². The number of hydrogen-bond donors (Lipinski definition) is 1. The van der Waals surface area contributed by atoms with E-state index in [1.54, 1.807) is 6.20 Å². The first-order valence-electron chi connectivity index (χ1n) is 7.20. The minimum Gasteiger partial charge on any atom is -0.395 e. The van der Waals surface area contributed by atoms with Gasteiger partial charge in [0, 0.05) is 19.2 Å². The van der Waals surface area contributed by atoms with Crippen LogP contribution < -0.4 is 0 Å². The van der Waals surface area contributed by atoms with Crippen molar-refractivity contribution in [3.63, 3.8) is 0 Å². The molecule has 1 fully saturated rings. The molecule has 114 valence electrons. The highest BCUT2D eigenvalue weighted by Crippen LogP contribution is 2.23. The van der Waals surface area contributed by atoms with Crippen molar-refractivity contribution in [3.8, 4) is 0 Å². The Balaban J connectivity index is 1.91. The van der Waals surface area contributed by atoms with Crippen molar-refractivity contribution < 1.29 is 13.5 Å². The molecule has 1 aliphatic heterocycles. The Morgan fingerprint density at radius 2 is 2.29 bits per heavy atom. The molecule has 2 aromatic rings. The normalized spacial score (nSPS) is 21.7. The summed E-state index contributed by atoms with van der Waals surface area (Å²) in [5.74, 6) is 1.47. The molecule has 7 heteroatoms. The summed E-state index contributed by atoms with van der Waals surface area (Å²) in [6.07, 6.45) is 3.96. The molecular weight excluding hydrogens is 290 g/mol. The van der Waals surface area contributed by atoms with Crippen molar-refractivity contribution in [2.45, 2.75) is 25.8 Å². The van der Waals surface area contributed by atoms with Gasteiger partial charge in [0.2, 0.25) is 0 Å². The average Bonchev–Trinajstić information content (AvgIpc) is 2.76. The van der Waals surface area contributed by atoms with Crippen LogP contribution in [0, 0.1) is 5.92 Å². The predicted octanol–water partition coefficient (Wildman–Crippen LogP) is 0.791. The van der Waals surface area contributed by atoms with Crippen molar-refractivity contribution in [1.82, 2.24) is 14.5 Å². The molecule has 3 rings (SSSR count). The Morgan fingerprint density at radius 1 is 1.43 bits per heavy atom. The van der Waals surface area contributed by atoms with Gasteiger partial charge in [-0.15, -0.1) is 0 Å². The van der Waals surface area contributed by atoms with Gasteiger partial charge in [-0.3, -0.25) is 0 Å². The molecule has 0 aliphatic carbocycles. The fourth-order valence-corrected chi connectivity index (χ4v) is 4.81. The number of pyridine rings is 1. The van der Waals surface area contributed by atoms with E-state index in [-0.39, 0.29) is 18.3 Å². The fraction of sp³-hybridized carbons (Fsp3) is 0.571. The molecule has 1 atom stereocenters. The van der Waals surface area contributed by atoms with E-state index >= 15 is 0 Å². The van der Waals surface area contributed by atoms with Crippen LogP contribution in [0.15, 0.2) is 18.3 Å². The van der Waals surface area contributed by atoms with Crippen LogP contribution in [-0.4, -0.2) is 46.2 Å². The summed E-state index contributed by atoms with van der Waals surface area (Å²) >= 11 is 0. The third-order valence-corrected chi connectivity index (χ3v) is 5.82. The lowest BCUT2D eigenvalue weighted by molar-refractivity contribution is 0.274. The minimum absolute atomic E-state index is 0.0119. The van der Waals surface area contributed by atoms with Crippen LogP contribution in [0.25, 0.3) is 11.2 Å². The summed E-state index contributed by atoms with van der Waals surface area (Å²) in [6, 6.07) is 3.71. The van der Waals surface area contributed by atoms with E-state index < -0.39 is 9.84 Å². The number of sulfone groups is 1. The molecule has 0 bridgehead atoms. The fourth-order valence-electron chi connectivity index (χ4n) is 3.03. The number of nitrogens with zero attached hydrogens (tertiary/aromatic N) is 3. The minimum atomic E-state index is -2.91. The van der Waals surface area contributed by atoms with Gasteiger partial charge < -0.3 is 9.67 Å². The van der Waals surface area contributed by atoms with Crippen molar-refractivity contribution in [1.29, 1.82) is 0 Å². The lowest BCUT2D eigenvalue weighted by atomic mass is 10.0. The van der Waals surface area contributed by atoms with E-state index in [2.05, 4.69) is 9.97 Å². The molecule has 0 amide bonds. The highest BCUT2D eigenvalue weighted by molar-refractivity contribution is 7.91. The van der Waals surface area contributed by atoms with Gasteiger partial charge in [0.25, 0.3) is 0 Å². The molecule has 0 aromatic carbocycles. The van der Waals surface area contributed by atoms with Crippen LogP contribution in [0.2, 0.25) is 0 Å². The Labute approximate surface area is 123 Å². The highest BCUT2D eigenvalue weighted by atomic mass is 32.2. The maximum Gasteiger partial charge on any atom is 0.160 e. The van der Waals surface area contributed by atoms with E-state index in [9.17, 15) is 13.5 Å². The number of imidazole rings is 1. The lowest BCUT2D eigenvalue weighted by Gasteiger charge is -2.21. The Bertz CT molecular complexity index is 739. The summed E-state index contributed by atoms with van der Waals surface area (Å²) in [4.78, 5) is 8.88. The van der Waals surface area contributed by atoms with Crippen LogP contribution in [0.3, 0.4) is 0 Å². The maximum atomic E-state index is 11.8. The maximum absolute atomic E-state index is 11.8. The molecule has 1 N–H and O–H groups in total. The summed E-state index contributed by atoms with van der Waals surface area (Å²) in [5.41, 5.74) is 1.54. The smallest absolute Gasteiger partial charge is 0.160 e. The Kier molecular flexibility index (Phi) is 3.95. The zero-order valence-electron chi connectivity index (χ0n) is 11.8. The second kappa shape index (κ2) is 5.73. The third-order valence-electron chi connectivity index (χ3n) is 3.94. The molecular formula is C14H19N3O3S. The van der Waals surface area contributed by atoms with Crippen molar-refractivity contribution in [2.24, 2.45) is 5.92 Å². The Morgan fingerprint density at radius 3 is 3.05 bits per heavy atom. The molecule has 0 spiro atoms. The first kappa shape index (κ1) is 14.5. The number of aliphatic hydroxyl groups is 1. The van der Waals surface area contributed by atoms with Crippen LogP contribution in [0.4, 0.5) is 0 Å². The van der Waals surface area contributed by atoms with Gasteiger partial charge in [-0.2, -0.15) is 0 Å². The van der Waals surface area contributed by atoms with Crippen LogP contribution in [0.1, 0.15) is 18.7 Å². The van der Waals surface area contributed by atoms with Crippen molar-refractivity contribution >= 4 is 21.0 Å². The summed E-state index contributed by atoms with van der Waals surface area (Å²) in [6.45, 7) is 0.445. The number of hydrogen-bond acceptors (Lipinski definition) is 5. The Hall–Kier alpha value is -1.47. The largest absolute Gasteiger partial charge is 0.395 e. The molecule has 0 radical (unpaired) electrons. The van der Waals surface area contributed by atoms with Gasteiger partial charge in [-0.1, -0.05) is 0 Å². The quantitative estimate of drug-likeness (QED) is 0.902. The van der Waals surface area contributed by atoms with Crippen LogP contribution in [0.5, 0.6) is 0 Å². The van der Waals surface area contributed by atoms with Crippen molar-refractivity contribution in [3.05, 3.63) is 24.2 Å². The zero-order valence-corrected chi connectivity index (χ0v) is 12.6. The van der Waals surface area contributed by atoms with Gasteiger partial charge in [0.05, 0.1) is 18.1 Å². The first-order valence-corrected chi connectivity index (χ1v) is 9.02. The van der Waals surface area contributed by atoms with Crippen molar-refractivity contribution in [2.75, 3.05) is 18.1 Å². The molecule has 1 saturated heterocycles. The van der Waals surface area contributed by atoms with E-state index in [0.717, 1.165) is 29.8 Å². The number of rotatable bonds is 4. The third kappa shape index (κ3) is 3.08. The second-order valence-corrected chi connectivity index (χ2v) is 7.80. The lowest BCUT2D eigenvalue weighted by Crippen LogP contribution is -2.27. The predicted molar refractivity (Wildman–Crippen MR) is 79.7 cm³/mol. The van der Waals surface area contributed by atoms with Crippen LogP contribution in [-0.2, 0) is 22.8 Å². The molecule has 0 saturated carbocycles. The average molecular weight is 309 g/mol. The second-order valence-electron chi connectivity index (χ2n) is 5.58. The first-order chi connectivity index (χ1) is 10.1. The van der Waals surface area contributed by atoms with Gasteiger partial charge in [-0.05, 0) is 30.9 Å². The van der Waals surface area contributed by atoms with E-state index in [0.29, 0.717) is 18.7 Å². The topological polar surface area (TPSA) is 85.1 Å². The van der Waals surface area contributed by atoms with E-state index in [1.165, 1.54) is 0 Å². The monoisotopic (exact) mass is 309 g/mol. The molecule has 21 heavy (non-hydrogen) atoms. The summed E-state index contributed by atoms with van der Waals surface area (Å²) in [7, 11) is -2.91. The van der Waals surface area contributed by atoms with Gasteiger partial charge in [-0.25, -0.2) is 18.4 Å². The zero-order chi connectivity index (χ0) is 14.9. The number of aliphatic hydroxyl groups excluding tert-OH is 1. The van der Waals surface area contributed by atoms with Gasteiger partial charge in [0.15, 0.2) is 15.5 Å². The molecule has 1 aliphatic rings. The molecule has 6 nitrogen and oxygen atoms in total. The summed E-state index contributed by atoms with van der Waals surface area (Å²) in [5, 5.41) is 9.24. The van der Waals surface area contributed by atoms with Gasteiger partial charge in [0.1, 0.15) is 11.3 Å². The SMILES string of the molecule is O=S1(=O)CCCC(Cc2nc3cccnc3n2CCO)C1. The summed E-state index contributed by atoms with van der Waals surface area (Å²) < 4.78 is 25.4. The molecule has 1 unspecified atom stereocenters. The number of fused-ring (bicyclic) bond motifs is 1. The number of aromatic nitrogens is 3. The van der Waals surface area contributed by atoms with Gasteiger partial charge >= 0.3 is 0 Å². The molecule has 3 heterocycles. The van der Waals surface area contributed by atoms with E-state index in [1.807, 2.05) is 16.7 Å². The highest BCUT2D eigenvalue weighted by Gasteiger charge is 2.26. The van der Waals surface area contributed by atoms with E-state index in [4.69, 9.17) is 0 Å².